The molecule has 0 aliphatic rings. The van der Waals surface area contributed by atoms with E-state index in [9.17, 15) is 9.18 Å². The summed E-state index contributed by atoms with van der Waals surface area (Å²) < 4.78 is 19.3. The molecule has 0 saturated heterocycles. The molecule has 4 nitrogen and oxygen atoms in total. The monoisotopic (exact) mass is 302 g/mol. The number of ether oxygens (including phenoxy) is 1. The summed E-state index contributed by atoms with van der Waals surface area (Å²) in [5, 5.41) is 3.14. The highest BCUT2D eigenvalue weighted by Crippen LogP contribution is 2.27. The Morgan fingerprint density at radius 2 is 2.10 bits per heavy atom. The van der Waals surface area contributed by atoms with E-state index in [0.717, 1.165) is 16.3 Å². The molecule has 1 heterocycles. The minimum absolute atomic E-state index is 0.136. The van der Waals surface area contributed by atoms with Gasteiger partial charge >= 0.3 is 0 Å². The van der Waals surface area contributed by atoms with Gasteiger partial charge in [0.1, 0.15) is 11.6 Å². The first kappa shape index (κ1) is 13.5. The van der Waals surface area contributed by atoms with Crippen LogP contribution < -0.4 is 10.1 Å². The van der Waals surface area contributed by atoms with E-state index in [0.29, 0.717) is 10.9 Å². The van der Waals surface area contributed by atoms with Crippen molar-refractivity contribution in [2.45, 2.75) is 0 Å². The number of rotatable bonds is 3. The zero-order chi connectivity index (χ0) is 14.8. The van der Waals surface area contributed by atoms with Crippen molar-refractivity contribution in [3.63, 3.8) is 0 Å². The van der Waals surface area contributed by atoms with Gasteiger partial charge in [-0.15, -0.1) is 0 Å². The molecule has 2 aromatic carbocycles. The number of hydrogen-bond donors (Lipinski definition) is 1. The van der Waals surface area contributed by atoms with Crippen LogP contribution in [0.5, 0.6) is 5.75 Å². The molecule has 0 bridgehead atoms. The van der Waals surface area contributed by atoms with Gasteiger partial charge in [0.2, 0.25) is 0 Å². The zero-order valence-corrected chi connectivity index (χ0v) is 11.9. The van der Waals surface area contributed by atoms with Crippen molar-refractivity contribution in [2.75, 3.05) is 12.4 Å². The Balaban J connectivity index is 1.90. The summed E-state index contributed by atoms with van der Waals surface area (Å²) in [6.45, 7) is 0. The molecule has 0 radical (unpaired) electrons. The van der Waals surface area contributed by atoms with E-state index in [2.05, 4.69) is 10.3 Å². The van der Waals surface area contributed by atoms with Crippen molar-refractivity contribution in [1.82, 2.24) is 4.98 Å². The molecule has 0 saturated carbocycles. The Kier molecular flexibility index (Phi) is 3.53. The quantitative estimate of drug-likeness (QED) is 0.802. The summed E-state index contributed by atoms with van der Waals surface area (Å²) >= 11 is 1.36. The normalized spacial score (nSPS) is 10.6. The number of para-hydroxylation sites is 1. The number of methoxy groups -OCH3 is 1. The van der Waals surface area contributed by atoms with E-state index in [-0.39, 0.29) is 5.56 Å². The molecule has 1 amide bonds. The second kappa shape index (κ2) is 5.49. The molecular formula is C15H11FN2O2S. The molecule has 3 rings (SSSR count). The van der Waals surface area contributed by atoms with Gasteiger partial charge in [0, 0.05) is 0 Å². The molecule has 1 N–H and O–H groups in total. The number of thiazole rings is 1. The minimum Gasteiger partial charge on any atom is -0.496 e. The molecule has 0 unspecified atom stereocenters. The largest absolute Gasteiger partial charge is 0.496 e. The van der Waals surface area contributed by atoms with Gasteiger partial charge in [0.05, 0.1) is 22.9 Å². The SMILES string of the molecule is COc1ccc(F)cc1C(=O)Nc1nc2ccccc2s1. The Labute approximate surface area is 124 Å². The fourth-order valence-electron chi connectivity index (χ4n) is 1.95. The second-order valence-corrected chi connectivity index (χ2v) is 5.32. The standard InChI is InChI=1S/C15H11FN2O2S/c1-20-12-7-6-9(16)8-10(12)14(19)18-15-17-11-4-2-3-5-13(11)21-15/h2-8H,1H3,(H,17,18,19). The minimum atomic E-state index is -0.495. The van der Waals surface area contributed by atoms with Crippen molar-refractivity contribution in [3.05, 3.63) is 53.8 Å². The van der Waals surface area contributed by atoms with Gasteiger partial charge in [-0.1, -0.05) is 23.5 Å². The highest BCUT2D eigenvalue weighted by molar-refractivity contribution is 7.22. The van der Waals surface area contributed by atoms with E-state index in [4.69, 9.17) is 4.74 Å². The fraction of sp³-hybridized carbons (Fsp3) is 0.0667. The summed E-state index contributed by atoms with van der Waals surface area (Å²) in [5.41, 5.74) is 0.945. The van der Waals surface area contributed by atoms with Crippen LogP contribution >= 0.6 is 11.3 Å². The molecule has 0 aliphatic carbocycles. The highest BCUT2D eigenvalue weighted by Gasteiger charge is 2.15. The van der Waals surface area contributed by atoms with Crippen LogP contribution in [0.4, 0.5) is 9.52 Å². The Morgan fingerprint density at radius 3 is 2.86 bits per heavy atom. The molecule has 0 spiro atoms. The number of aromatic nitrogens is 1. The first-order valence-electron chi connectivity index (χ1n) is 6.18. The van der Waals surface area contributed by atoms with Crippen molar-refractivity contribution in [2.24, 2.45) is 0 Å². The lowest BCUT2D eigenvalue weighted by atomic mass is 10.2. The highest BCUT2D eigenvalue weighted by atomic mass is 32.1. The van der Waals surface area contributed by atoms with Crippen LogP contribution in [-0.4, -0.2) is 18.0 Å². The van der Waals surface area contributed by atoms with Crippen LogP contribution in [0, 0.1) is 5.82 Å². The maximum atomic E-state index is 13.3. The third-order valence-corrected chi connectivity index (χ3v) is 3.87. The molecular weight excluding hydrogens is 291 g/mol. The maximum absolute atomic E-state index is 13.3. The zero-order valence-electron chi connectivity index (χ0n) is 11.1. The fourth-order valence-corrected chi connectivity index (χ4v) is 2.81. The van der Waals surface area contributed by atoms with Gasteiger partial charge < -0.3 is 4.74 Å². The second-order valence-electron chi connectivity index (χ2n) is 4.29. The van der Waals surface area contributed by atoms with E-state index < -0.39 is 11.7 Å². The van der Waals surface area contributed by atoms with Gasteiger partial charge in [-0.25, -0.2) is 9.37 Å². The summed E-state index contributed by atoms with van der Waals surface area (Å²) in [7, 11) is 1.43. The summed E-state index contributed by atoms with van der Waals surface area (Å²) in [5.74, 6) is -0.634. The van der Waals surface area contributed by atoms with Crippen LogP contribution in [0.3, 0.4) is 0 Å². The van der Waals surface area contributed by atoms with Gasteiger partial charge in [0.15, 0.2) is 5.13 Å². The lowest BCUT2D eigenvalue weighted by molar-refractivity contribution is 0.102. The first-order chi connectivity index (χ1) is 10.2. The third-order valence-electron chi connectivity index (χ3n) is 2.92. The average molecular weight is 302 g/mol. The lowest BCUT2D eigenvalue weighted by Crippen LogP contribution is -2.13. The van der Waals surface area contributed by atoms with Crippen molar-refractivity contribution in [3.8, 4) is 5.75 Å². The number of carbonyl (C=O) groups is 1. The first-order valence-corrected chi connectivity index (χ1v) is 6.99. The topological polar surface area (TPSA) is 51.2 Å². The predicted molar refractivity (Wildman–Crippen MR) is 80.5 cm³/mol. The number of hydrogen-bond acceptors (Lipinski definition) is 4. The smallest absolute Gasteiger partial charge is 0.261 e. The van der Waals surface area contributed by atoms with E-state index in [1.54, 1.807) is 0 Å². The van der Waals surface area contributed by atoms with Crippen LogP contribution in [0.25, 0.3) is 10.2 Å². The van der Waals surface area contributed by atoms with Gasteiger partial charge in [-0.3, -0.25) is 10.1 Å². The summed E-state index contributed by atoms with van der Waals surface area (Å²) in [6, 6.07) is 11.4. The number of anilines is 1. The van der Waals surface area contributed by atoms with Gasteiger partial charge in [-0.05, 0) is 30.3 Å². The Morgan fingerprint density at radius 1 is 1.29 bits per heavy atom. The summed E-state index contributed by atoms with van der Waals surface area (Å²) in [4.78, 5) is 16.5. The summed E-state index contributed by atoms with van der Waals surface area (Å²) in [6.07, 6.45) is 0. The number of amides is 1. The van der Waals surface area contributed by atoms with Gasteiger partial charge in [-0.2, -0.15) is 0 Å². The third kappa shape index (κ3) is 2.71. The lowest BCUT2D eigenvalue weighted by Gasteiger charge is -2.07. The van der Waals surface area contributed by atoms with Crippen molar-refractivity contribution in [1.29, 1.82) is 0 Å². The van der Waals surface area contributed by atoms with Crippen LogP contribution in [0.15, 0.2) is 42.5 Å². The number of carbonyl (C=O) groups excluding carboxylic acids is 1. The van der Waals surface area contributed by atoms with Crippen LogP contribution in [0.2, 0.25) is 0 Å². The average Bonchev–Trinajstić information content (AvgIpc) is 2.89. The van der Waals surface area contributed by atoms with Gasteiger partial charge in [0.25, 0.3) is 5.91 Å². The Hall–Kier alpha value is -2.47. The molecule has 1 aromatic heterocycles. The molecule has 21 heavy (non-hydrogen) atoms. The van der Waals surface area contributed by atoms with E-state index >= 15 is 0 Å². The molecule has 3 aromatic rings. The van der Waals surface area contributed by atoms with Crippen LogP contribution in [-0.2, 0) is 0 Å². The van der Waals surface area contributed by atoms with Crippen molar-refractivity contribution < 1.29 is 13.9 Å². The molecule has 106 valence electrons. The molecule has 0 atom stereocenters. The number of nitrogens with one attached hydrogen (secondary N) is 1. The number of nitrogens with zero attached hydrogens (tertiary/aromatic N) is 1. The van der Waals surface area contributed by atoms with E-state index in [1.807, 2.05) is 24.3 Å². The molecule has 0 aliphatic heterocycles. The number of fused-ring (bicyclic) bond motifs is 1. The Bertz CT molecular complexity index is 783. The maximum Gasteiger partial charge on any atom is 0.261 e. The van der Waals surface area contributed by atoms with Crippen LogP contribution in [0.1, 0.15) is 10.4 Å². The number of halogens is 1. The molecule has 6 heteroatoms. The molecule has 0 fully saturated rings. The van der Waals surface area contributed by atoms with Crippen molar-refractivity contribution >= 4 is 32.6 Å². The number of benzene rings is 2. The van der Waals surface area contributed by atoms with E-state index in [1.165, 1.54) is 30.6 Å². The predicted octanol–water partition coefficient (Wildman–Crippen LogP) is 3.70.